The maximum Gasteiger partial charge on any atom is 0.460 e. The molecule has 2 N–H and O–H groups in total. The number of aliphatic hydroxyl groups excluding tert-OH is 2. The molecule has 0 atom stereocenters. The second-order valence-electron chi connectivity index (χ2n) is 9.05. The van der Waals surface area contributed by atoms with Crippen LogP contribution in [0.15, 0.2) is 0 Å². The summed E-state index contributed by atoms with van der Waals surface area (Å²) in [5.41, 5.74) is 0. The molecule has 248 valence electrons. The second kappa shape index (κ2) is 11.6. The van der Waals surface area contributed by atoms with Crippen molar-refractivity contribution in [2.45, 2.75) is 53.4 Å². The lowest BCUT2D eigenvalue weighted by atomic mass is 9.91. The van der Waals surface area contributed by atoms with Crippen LogP contribution in [0.5, 0.6) is 0 Å². The van der Waals surface area contributed by atoms with Crippen molar-refractivity contribution in [1.29, 1.82) is 0 Å². The Hall–Kier alpha value is -1.40. The third-order valence-electron chi connectivity index (χ3n) is 5.58. The molecule has 0 bridgehead atoms. The van der Waals surface area contributed by atoms with Gasteiger partial charge in [-0.25, -0.2) is 8.42 Å². The van der Waals surface area contributed by atoms with Crippen molar-refractivity contribution < 1.29 is 97.8 Å². The molecule has 0 fully saturated rings. The number of rotatable bonds is 16. The Labute approximate surface area is 219 Å². The topological polar surface area (TPSA) is 77.8 Å². The zero-order valence-electron chi connectivity index (χ0n) is 20.4. The van der Waals surface area contributed by atoms with Crippen molar-refractivity contribution >= 4 is 10.0 Å². The Balaban J connectivity index is 6.81. The minimum Gasteiger partial charge on any atom is -0.395 e. The number of quaternary nitrogens is 1. The van der Waals surface area contributed by atoms with E-state index in [-0.39, 0.29) is 17.6 Å². The van der Waals surface area contributed by atoms with E-state index in [9.17, 15) is 83.1 Å². The van der Waals surface area contributed by atoms with Gasteiger partial charge in [0.25, 0.3) is 10.0 Å². The van der Waals surface area contributed by atoms with E-state index in [1.165, 1.54) is 14.1 Å². The summed E-state index contributed by atoms with van der Waals surface area (Å²) < 4.78 is 252. The molecule has 0 aromatic heterocycles. The van der Waals surface area contributed by atoms with Crippen LogP contribution >= 0.6 is 0 Å². The Morgan fingerprint density at radius 3 is 1.27 bits per heavy atom. The molecule has 6 nitrogen and oxygen atoms in total. The monoisotopic (exact) mass is 673 g/mol. The first-order chi connectivity index (χ1) is 17.7. The number of hydrogen-bond acceptors (Lipinski definition) is 4. The van der Waals surface area contributed by atoms with Crippen LogP contribution in [-0.2, 0) is 10.0 Å². The molecule has 0 saturated carbocycles. The van der Waals surface area contributed by atoms with E-state index < -0.39 is 94.0 Å². The van der Waals surface area contributed by atoms with Gasteiger partial charge in [-0.2, -0.15) is 78.9 Å². The third kappa shape index (κ3) is 6.30. The first kappa shape index (κ1) is 39.6. The van der Waals surface area contributed by atoms with Crippen molar-refractivity contribution in [1.82, 2.24) is 4.31 Å². The van der Waals surface area contributed by atoms with E-state index in [2.05, 4.69) is 0 Å². The molecule has 0 aromatic rings. The molecule has 0 saturated heterocycles. The van der Waals surface area contributed by atoms with Gasteiger partial charge in [-0.15, -0.1) is 0 Å². The lowest BCUT2D eigenvalue weighted by molar-refractivity contribution is -0.890. The number of nitrogens with zero attached hydrogens (tertiary/aromatic N) is 2. The number of halogens is 17. The molecule has 41 heavy (non-hydrogen) atoms. The first-order valence-corrected chi connectivity index (χ1v) is 11.9. The summed E-state index contributed by atoms with van der Waals surface area (Å²) in [7, 11) is -4.79. The summed E-state index contributed by atoms with van der Waals surface area (Å²) in [5, 5.41) is 10.1. The average molecular weight is 673 g/mol. The van der Waals surface area contributed by atoms with Gasteiger partial charge in [0.1, 0.15) is 6.54 Å². The quantitative estimate of drug-likeness (QED) is 0.192. The zero-order valence-corrected chi connectivity index (χ0v) is 21.2. The molecule has 24 heteroatoms. The normalized spacial score (nSPS) is 16.0. The fourth-order valence-electron chi connectivity index (χ4n) is 2.99. The summed E-state index contributed by atoms with van der Waals surface area (Å²) in [6.45, 7) is -5.49. The molecule has 0 aliphatic carbocycles. The molecule has 0 aromatic carbocycles. The number of alkyl halides is 17. The summed E-state index contributed by atoms with van der Waals surface area (Å²) in [6.07, 6.45) is -8.58. The van der Waals surface area contributed by atoms with Crippen LogP contribution in [0, 0.1) is 0 Å². The van der Waals surface area contributed by atoms with Gasteiger partial charge in [0.2, 0.25) is 0 Å². The standard InChI is InChI=1S/C17H22F17N2O4S/c1-36(2,7-9-38)6-3-4-35(5-8-37)41(39,40)17(33,34)15(28,29)13(24,25)11(20,21)10(18,19)12(22,23)14(26,27)16(30,31)32/h37-38H,3-9H2,1-2H3/q+1. The highest BCUT2D eigenvalue weighted by atomic mass is 32.2. The fourth-order valence-corrected chi connectivity index (χ4v) is 4.46. The van der Waals surface area contributed by atoms with Gasteiger partial charge < -0.3 is 14.7 Å². The smallest absolute Gasteiger partial charge is 0.395 e. The average Bonchev–Trinajstić information content (AvgIpc) is 2.76. The minimum absolute atomic E-state index is 0.0888. The van der Waals surface area contributed by atoms with E-state index in [0.29, 0.717) is 0 Å². The van der Waals surface area contributed by atoms with Crippen molar-refractivity contribution in [3.63, 3.8) is 0 Å². The maximum absolute atomic E-state index is 14.4. The lowest BCUT2D eigenvalue weighted by Gasteiger charge is -2.43. The molecule has 0 radical (unpaired) electrons. The fraction of sp³-hybridized carbons (Fsp3) is 1.00. The largest absolute Gasteiger partial charge is 0.460 e. The minimum atomic E-state index is -8.91. The van der Waals surface area contributed by atoms with Crippen molar-refractivity contribution in [3.05, 3.63) is 0 Å². The summed E-state index contributed by atoms with van der Waals surface area (Å²) >= 11 is 0. The SMILES string of the molecule is C[N+](C)(CCO)CCCN(CCO)S(=O)(=O)C(F)(F)C(F)(F)C(F)(F)C(F)(F)C(F)(F)C(F)(F)C(F)(F)C(F)(F)F. The van der Waals surface area contributed by atoms with Crippen LogP contribution in [0.2, 0.25) is 0 Å². The molecule has 0 amide bonds. The van der Waals surface area contributed by atoms with Gasteiger partial charge in [-0.05, 0) is 0 Å². The molecule has 0 spiro atoms. The third-order valence-corrected chi connectivity index (χ3v) is 7.53. The van der Waals surface area contributed by atoms with Crippen LogP contribution in [0.4, 0.5) is 74.6 Å². The highest BCUT2D eigenvalue weighted by Gasteiger charge is 2.96. The Morgan fingerprint density at radius 2 is 0.927 bits per heavy atom. The van der Waals surface area contributed by atoms with Gasteiger partial charge in [-0.1, -0.05) is 0 Å². The zero-order chi connectivity index (χ0) is 33.5. The predicted octanol–water partition coefficient (Wildman–Crippen LogP) is 4.04. The van der Waals surface area contributed by atoms with E-state index in [1.807, 2.05) is 0 Å². The molecule has 0 aliphatic heterocycles. The maximum atomic E-state index is 14.4. The number of likely N-dealkylation sites (N-methyl/N-ethyl adjacent to an activating group) is 1. The van der Waals surface area contributed by atoms with Gasteiger partial charge in [-0.3, -0.25) is 0 Å². The Kier molecular flexibility index (Phi) is 11.2. The summed E-state index contributed by atoms with van der Waals surface area (Å²) in [4.78, 5) is 0. The van der Waals surface area contributed by atoms with Gasteiger partial charge >= 0.3 is 47.0 Å². The summed E-state index contributed by atoms with van der Waals surface area (Å²) in [5.74, 6) is -52.0. The van der Waals surface area contributed by atoms with E-state index in [0.717, 1.165) is 0 Å². The second-order valence-corrected chi connectivity index (χ2v) is 11.0. The first-order valence-electron chi connectivity index (χ1n) is 10.5. The number of hydrogen-bond donors (Lipinski definition) is 2. The van der Waals surface area contributed by atoms with Crippen molar-refractivity contribution in [2.75, 3.05) is 53.5 Å². The van der Waals surface area contributed by atoms with Crippen LogP contribution in [0.3, 0.4) is 0 Å². The molecular weight excluding hydrogens is 651 g/mol. The van der Waals surface area contributed by atoms with E-state index in [4.69, 9.17) is 10.2 Å². The van der Waals surface area contributed by atoms with Crippen LogP contribution in [0.25, 0.3) is 0 Å². The Morgan fingerprint density at radius 1 is 0.561 bits per heavy atom. The summed E-state index contributed by atoms with van der Waals surface area (Å²) in [6, 6.07) is 0. The van der Waals surface area contributed by atoms with E-state index >= 15 is 0 Å². The highest BCUT2D eigenvalue weighted by molar-refractivity contribution is 7.90. The molecule has 0 rings (SSSR count). The number of aliphatic hydroxyl groups is 2. The lowest BCUT2D eigenvalue weighted by Crippen LogP contribution is -2.75. The van der Waals surface area contributed by atoms with Crippen molar-refractivity contribution in [3.8, 4) is 0 Å². The van der Waals surface area contributed by atoms with Crippen LogP contribution in [0.1, 0.15) is 6.42 Å². The highest BCUT2D eigenvalue weighted by Crippen LogP contribution is 2.64. The van der Waals surface area contributed by atoms with E-state index in [1.54, 1.807) is 0 Å². The van der Waals surface area contributed by atoms with Crippen LogP contribution in [-0.4, -0.2) is 128 Å². The molecule has 0 heterocycles. The predicted molar refractivity (Wildman–Crippen MR) is 102 cm³/mol. The van der Waals surface area contributed by atoms with Crippen LogP contribution < -0.4 is 0 Å². The molecular formula is C17H22F17N2O4S+. The Bertz CT molecular complexity index is 999. The molecule has 0 unspecified atom stereocenters. The molecule has 0 aliphatic rings. The van der Waals surface area contributed by atoms with Gasteiger partial charge in [0.15, 0.2) is 0 Å². The van der Waals surface area contributed by atoms with Gasteiger partial charge in [0.05, 0.1) is 33.9 Å². The van der Waals surface area contributed by atoms with Crippen molar-refractivity contribution in [2.24, 2.45) is 0 Å². The number of sulfonamides is 1. The van der Waals surface area contributed by atoms with Gasteiger partial charge in [0, 0.05) is 19.5 Å².